The number of esters is 1. The monoisotopic (exact) mass is 361 g/mol. The minimum absolute atomic E-state index is 0.0851. The van der Waals surface area contributed by atoms with E-state index in [1.807, 2.05) is 0 Å². The van der Waals surface area contributed by atoms with Crippen molar-refractivity contribution in [2.45, 2.75) is 31.6 Å². The molecule has 136 valence electrons. The van der Waals surface area contributed by atoms with Crippen LogP contribution in [0, 0.1) is 0 Å². The molecule has 0 bridgehead atoms. The van der Waals surface area contributed by atoms with Gasteiger partial charge >= 0.3 is 12.6 Å². The number of alkyl halides is 2. The molecular formula is C19H17F2NO4. The maximum absolute atomic E-state index is 12.5. The van der Waals surface area contributed by atoms with E-state index in [1.165, 1.54) is 24.3 Å². The lowest BCUT2D eigenvalue weighted by Gasteiger charge is -2.19. The number of amides is 1. The van der Waals surface area contributed by atoms with Gasteiger partial charge in [0.1, 0.15) is 11.3 Å². The zero-order valence-electron chi connectivity index (χ0n) is 13.7. The van der Waals surface area contributed by atoms with Crippen LogP contribution in [0.15, 0.2) is 54.6 Å². The zero-order chi connectivity index (χ0) is 18.5. The summed E-state index contributed by atoms with van der Waals surface area (Å²) in [5, 5.41) is 2.79. The van der Waals surface area contributed by atoms with Crippen LogP contribution >= 0.6 is 0 Å². The first-order valence-electron chi connectivity index (χ1n) is 8.14. The fourth-order valence-corrected chi connectivity index (χ4v) is 2.41. The number of carbonyl (C=O) groups excluding carboxylic acids is 2. The van der Waals surface area contributed by atoms with Gasteiger partial charge in [0.05, 0.1) is 0 Å². The summed E-state index contributed by atoms with van der Waals surface area (Å²) >= 11 is 0. The number of nitrogens with one attached hydrogen (secondary N) is 1. The summed E-state index contributed by atoms with van der Waals surface area (Å²) in [5.41, 5.74) is 0.319. The summed E-state index contributed by atoms with van der Waals surface area (Å²) in [6.45, 7) is -3.08. The molecule has 1 aliphatic carbocycles. The third-order valence-electron chi connectivity index (χ3n) is 3.81. The molecule has 0 heterocycles. The fourth-order valence-electron chi connectivity index (χ4n) is 2.41. The molecule has 0 aromatic heterocycles. The van der Waals surface area contributed by atoms with E-state index in [4.69, 9.17) is 4.74 Å². The molecule has 7 heteroatoms. The van der Waals surface area contributed by atoms with Crippen LogP contribution in [0.5, 0.6) is 5.75 Å². The zero-order valence-corrected chi connectivity index (χ0v) is 13.7. The van der Waals surface area contributed by atoms with Crippen LogP contribution in [0.1, 0.15) is 34.9 Å². The van der Waals surface area contributed by atoms with Crippen molar-refractivity contribution < 1.29 is 27.8 Å². The molecule has 0 spiro atoms. The number of hydrogen-bond donors (Lipinski definition) is 1. The van der Waals surface area contributed by atoms with Crippen molar-refractivity contribution in [3.05, 3.63) is 65.7 Å². The number of ether oxygens (including phenoxy) is 2. The van der Waals surface area contributed by atoms with Gasteiger partial charge in [-0.1, -0.05) is 42.5 Å². The molecule has 0 radical (unpaired) electrons. The van der Waals surface area contributed by atoms with Crippen LogP contribution < -0.4 is 10.1 Å². The van der Waals surface area contributed by atoms with Gasteiger partial charge in [-0.05, 0) is 25.0 Å². The smallest absolute Gasteiger partial charge is 0.387 e. The number of carbonyl (C=O) groups is 2. The number of para-hydroxylation sites is 1. The molecule has 1 N–H and O–H groups in total. The highest BCUT2D eigenvalue weighted by Gasteiger charge is 2.31. The van der Waals surface area contributed by atoms with Crippen molar-refractivity contribution in [1.29, 1.82) is 0 Å². The van der Waals surface area contributed by atoms with Crippen molar-refractivity contribution >= 4 is 11.9 Å². The summed E-state index contributed by atoms with van der Waals surface area (Å²) < 4.78 is 34.8. The summed E-state index contributed by atoms with van der Waals surface area (Å²) in [6.07, 6.45) is 0.585. The van der Waals surface area contributed by atoms with Gasteiger partial charge in [-0.25, -0.2) is 4.79 Å². The van der Waals surface area contributed by atoms with Gasteiger partial charge in [0, 0.05) is 11.6 Å². The molecular weight excluding hydrogens is 344 g/mol. The van der Waals surface area contributed by atoms with Gasteiger partial charge in [-0.3, -0.25) is 4.79 Å². The van der Waals surface area contributed by atoms with E-state index in [9.17, 15) is 18.4 Å². The second-order valence-electron chi connectivity index (χ2n) is 5.85. The van der Waals surface area contributed by atoms with E-state index in [0.29, 0.717) is 5.56 Å². The second kappa shape index (κ2) is 7.95. The van der Waals surface area contributed by atoms with E-state index in [2.05, 4.69) is 10.1 Å². The van der Waals surface area contributed by atoms with Crippen LogP contribution in [-0.4, -0.2) is 24.5 Å². The summed E-state index contributed by atoms with van der Waals surface area (Å²) in [5.74, 6) is -1.66. The Hall–Kier alpha value is -2.96. The molecule has 0 aliphatic heterocycles. The highest BCUT2D eigenvalue weighted by molar-refractivity contribution is 5.95. The Morgan fingerprint density at radius 1 is 1.00 bits per heavy atom. The summed E-state index contributed by atoms with van der Waals surface area (Å²) in [7, 11) is 0. The molecule has 2 aromatic rings. The largest absolute Gasteiger partial charge is 0.444 e. The maximum atomic E-state index is 12.5. The number of hydrogen-bond acceptors (Lipinski definition) is 4. The minimum Gasteiger partial charge on any atom is -0.444 e. The fraction of sp³-hybridized carbons (Fsp3) is 0.263. The van der Waals surface area contributed by atoms with Crippen molar-refractivity contribution in [2.75, 3.05) is 0 Å². The van der Waals surface area contributed by atoms with E-state index in [-0.39, 0.29) is 17.4 Å². The Morgan fingerprint density at radius 2 is 1.65 bits per heavy atom. The second-order valence-corrected chi connectivity index (χ2v) is 5.85. The van der Waals surface area contributed by atoms with Crippen molar-refractivity contribution in [1.82, 2.24) is 5.32 Å². The topological polar surface area (TPSA) is 64.6 Å². The Balaban J connectivity index is 1.82. The van der Waals surface area contributed by atoms with Crippen molar-refractivity contribution in [3.63, 3.8) is 0 Å². The lowest BCUT2D eigenvalue weighted by molar-refractivity contribution is -0.130. The van der Waals surface area contributed by atoms with Crippen molar-refractivity contribution in [2.24, 2.45) is 0 Å². The molecule has 3 rings (SSSR count). The van der Waals surface area contributed by atoms with Crippen LogP contribution in [0.3, 0.4) is 0 Å². The normalized spacial score (nSPS) is 14.6. The lowest BCUT2D eigenvalue weighted by atomic mass is 10.1. The first-order valence-corrected chi connectivity index (χ1v) is 8.14. The van der Waals surface area contributed by atoms with Crippen LogP contribution in [0.2, 0.25) is 0 Å². The summed E-state index contributed by atoms with van der Waals surface area (Å²) in [4.78, 5) is 25.0. The van der Waals surface area contributed by atoms with E-state index in [0.717, 1.165) is 12.8 Å². The first kappa shape index (κ1) is 17.8. The van der Waals surface area contributed by atoms with Gasteiger partial charge in [-0.2, -0.15) is 8.78 Å². The lowest BCUT2D eigenvalue weighted by Crippen LogP contribution is -2.33. The molecule has 1 saturated carbocycles. The van der Waals surface area contributed by atoms with Gasteiger partial charge < -0.3 is 14.8 Å². The highest BCUT2D eigenvalue weighted by atomic mass is 19.3. The average molecular weight is 361 g/mol. The highest BCUT2D eigenvalue weighted by Crippen LogP contribution is 2.27. The molecule has 0 saturated heterocycles. The summed E-state index contributed by atoms with van der Waals surface area (Å²) in [6, 6.07) is 14.1. The standard InChI is InChI=1S/C19H17F2NO4/c20-19(21)25-15-9-5-4-8-14(15)18(24)26-16(12-6-2-1-3-7-12)17(23)22-13-10-11-13/h1-9,13,16,19H,10-11H2,(H,22,23). The molecule has 1 aliphatic rings. The Morgan fingerprint density at radius 3 is 2.31 bits per heavy atom. The molecule has 2 aromatic carbocycles. The van der Waals surface area contributed by atoms with E-state index < -0.39 is 24.6 Å². The third kappa shape index (κ3) is 4.56. The molecule has 5 nitrogen and oxygen atoms in total. The SMILES string of the molecule is O=C(OC(C(=O)NC1CC1)c1ccccc1)c1ccccc1OC(F)F. The Labute approximate surface area is 148 Å². The number of halogens is 2. The first-order chi connectivity index (χ1) is 12.5. The van der Waals surface area contributed by atoms with Gasteiger partial charge in [0.25, 0.3) is 5.91 Å². The Bertz CT molecular complexity index is 778. The molecule has 1 unspecified atom stereocenters. The van der Waals surface area contributed by atoms with Crippen LogP contribution in [0.4, 0.5) is 8.78 Å². The number of benzene rings is 2. The molecule has 1 fully saturated rings. The van der Waals surface area contributed by atoms with Crippen LogP contribution in [0.25, 0.3) is 0 Å². The van der Waals surface area contributed by atoms with E-state index in [1.54, 1.807) is 30.3 Å². The van der Waals surface area contributed by atoms with Gasteiger partial charge in [0.2, 0.25) is 6.10 Å². The van der Waals surface area contributed by atoms with E-state index >= 15 is 0 Å². The predicted molar refractivity (Wildman–Crippen MR) is 88.8 cm³/mol. The Kier molecular flexibility index (Phi) is 5.46. The predicted octanol–water partition coefficient (Wildman–Crippen LogP) is 3.46. The van der Waals surface area contributed by atoms with Crippen molar-refractivity contribution in [3.8, 4) is 5.75 Å². The van der Waals surface area contributed by atoms with Crippen LogP contribution in [-0.2, 0) is 9.53 Å². The van der Waals surface area contributed by atoms with Gasteiger partial charge in [0.15, 0.2) is 0 Å². The number of rotatable bonds is 7. The molecule has 1 atom stereocenters. The van der Waals surface area contributed by atoms with Gasteiger partial charge in [-0.15, -0.1) is 0 Å². The molecule has 1 amide bonds. The minimum atomic E-state index is -3.08. The maximum Gasteiger partial charge on any atom is 0.387 e. The quantitative estimate of drug-likeness (QED) is 0.767. The third-order valence-corrected chi connectivity index (χ3v) is 3.81. The average Bonchev–Trinajstić information content (AvgIpc) is 3.44. The molecule has 26 heavy (non-hydrogen) atoms.